The SMILES string of the molecule is c1ccc(-c2cccc(-c3ccc(N(c4ccc(-c5ccc6c(c5)sc5ccccc56)cc4)c4cccc(-c5ccc6ccccc6c5)c4)cc3)c2)cc1. The molecule has 0 atom stereocenters. The van der Waals surface area contributed by atoms with Crippen LogP contribution < -0.4 is 4.90 Å². The Balaban J connectivity index is 1.03. The summed E-state index contributed by atoms with van der Waals surface area (Å²) in [6.45, 7) is 0. The maximum Gasteiger partial charge on any atom is 0.0467 e. The molecule has 2 heteroatoms. The molecule has 1 aromatic heterocycles. The average Bonchev–Trinajstić information content (AvgIpc) is 3.63. The van der Waals surface area contributed by atoms with Crippen LogP contribution in [0.1, 0.15) is 0 Å². The van der Waals surface area contributed by atoms with Gasteiger partial charge in [0.15, 0.2) is 0 Å². The molecule has 9 aromatic carbocycles. The van der Waals surface area contributed by atoms with Crippen molar-refractivity contribution in [2.45, 2.75) is 0 Å². The van der Waals surface area contributed by atoms with Gasteiger partial charge in [-0.3, -0.25) is 0 Å². The Labute approximate surface area is 319 Å². The molecule has 0 aliphatic rings. The van der Waals surface area contributed by atoms with Crippen LogP contribution in [0, 0.1) is 0 Å². The van der Waals surface area contributed by atoms with Gasteiger partial charge in [0.2, 0.25) is 0 Å². The van der Waals surface area contributed by atoms with E-state index in [9.17, 15) is 0 Å². The van der Waals surface area contributed by atoms with Crippen LogP contribution in [0.25, 0.3) is 75.5 Å². The zero-order chi connectivity index (χ0) is 35.8. The zero-order valence-electron chi connectivity index (χ0n) is 29.6. The van der Waals surface area contributed by atoms with Crippen molar-refractivity contribution < 1.29 is 0 Å². The molecule has 10 aromatic rings. The lowest BCUT2D eigenvalue weighted by Gasteiger charge is -2.26. The van der Waals surface area contributed by atoms with Gasteiger partial charge in [-0.15, -0.1) is 11.3 Å². The third kappa shape index (κ3) is 6.03. The Morgan fingerprint density at radius 3 is 1.50 bits per heavy atom. The van der Waals surface area contributed by atoms with E-state index in [0.717, 1.165) is 17.1 Å². The Hall–Kier alpha value is -6.74. The lowest BCUT2D eigenvalue weighted by atomic mass is 9.98. The van der Waals surface area contributed by atoms with Crippen molar-refractivity contribution in [3.05, 3.63) is 212 Å². The maximum absolute atomic E-state index is 2.37. The maximum atomic E-state index is 2.37. The molecule has 0 aliphatic carbocycles. The summed E-state index contributed by atoms with van der Waals surface area (Å²) < 4.78 is 2.65. The molecule has 54 heavy (non-hydrogen) atoms. The summed E-state index contributed by atoms with van der Waals surface area (Å²) in [5.74, 6) is 0. The minimum Gasteiger partial charge on any atom is -0.310 e. The number of fused-ring (bicyclic) bond motifs is 4. The zero-order valence-corrected chi connectivity index (χ0v) is 30.4. The van der Waals surface area contributed by atoms with Crippen LogP contribution in [0.15, 0.2) is 212 Å². The Morgan fingerprint density at radius 1 is 0.259 bits per heavy atom. The Morgan fingerprint density at radius 2 is 0.759 bits per heavy atom. The first kappa shape index (κ1) is 32.0. The molecule has 0 saturated heterocycles. The van der Waals surface area contributed by atoms with Crippen molar-refractivity contribution in [3.63, 3.8) is 0 Å². The van der Waals surface area contributed by atoms with Crippen molar-refractivity contribution in [2.24, 2.45) is 0 Å². The second-order valence-electron chi connectivity index (χ2n) is 13.8. The van der Waals surface area contributed by atoms with E-state index in [4.69, 9.17) is 0 Å². The van der Waals surface area contributed by atoms with Crippen LogP contribution in [0.4, 0.5) is 17.1 Å². The van der Waals surface area contributed by atoms with Crippen LogP contribution in [0.3, 0.4) is 0 Å². The van der Waals surface area contributed by atoms with Gasteiger partial charge in [0.1, 0.15) is 0 Å². The highest BCUT2D eigenvalue weighted by Crippen LogP contribution is 2.40. The third-order valence-corrected chi connectivity index (χ3v) is 11.6. The summed E-state index contributed by atoms with van der Waals surface area (Å²) in [7, 11) is 0. The second kappa shape index (κ2) is 13.7. The van der Waals surface area contributed by atoms with Gasteiger partial charge in [-0.25, -0.2) is 0 Å². The van der Waals surface area contributed by atoms with Gasteiger partial charge in [0.25, 0.3) is 0 Å². The number of nitrogens with zero attached hydrogens (tertiary/aromatic N) is 1. The average molecular weight is 706 g/mol. The first-order valence-electron chi connectivity index (χ1n) is 18.4. The largest absolute Gasteiger partial charge is 0.310 e. The first-order chi connectivity index (χ1) is 26.7. The van der Waals surface area contributed by atoms with Gasteiger partial charge in [-0.2, -0.15) is 0 Å². The second-order valence-corrected chi connectivity index (χ2v) is 14.9. The molecule has 0 spiro atoms. The molecular weight excluding hydrogens is 671 g/mol. The van der Waals surface area contributed by atoms with E-state index in [1.807, 2.05) is 11.3 Å². The summed E-state index contributed by atoms with van der Waals surface area (Å²) >= 11 is 1.86. The molecule has 0 fully saturated rings. The van der Waals surface area contributed by atoms with Gasteiger partial charge < -0.3 is 4.90 Å². The van der Waals surface area contributed by atoms with E-state index in [2.05, 4.69) is 217 Å². The van der Waals surface area contributed by atoms with Gasteiger partial charge in [-0.05, 0) is 116 Å². The summed E-state index contributed by atoms with van der Waals surface area (Å²) in [6.07, 6.45) is 0. The quantitative estimate of drug-likeness (QED) is 0.160. The molecule has 0 amide bonds. The number of hydrogen-bond donors (Lipinski definition) is 0. The van der Waals surface area contributed by atoms with Crippen molar-refractivity contribution in [2.75, 3.05) is 4.90 Å². The molecule has 254 valence electrons. The summed E-state index contributed by atoms with van der Waals surface area (Å²) in [5.41, 5.74) is 13.0. The van der Waals surface area contributed by atoms with Gasteiger partial charge >= 0.3 is 0 Å². The molecule has 0 N–H and O–H groups in total. The highest BCUT2D eigenvalue weighted by Gasteiger charge is 2.15. The van der Waals surface area contributed by atoms with E-state index in [0.29, 0.717) is 0 Å². The van der Waals surface area contributed by atoms with Gasteiger partial charge in [-0.1, -0.05) is 152 Å². The first-order valence-corrected chi connectivity index (χ1v) is 19.2. The Kier molecular flexibility index (Phi) is 8.09. The molecule has 1 heterocycles. The summed E-state index contributed by atoms with van der Waals surface area (Å²) in [4.78, 5) is 2.37. The fourth-order valence-electron chi connectivity index (χ4n) is 7.66. The minimum absolute atomic E-state index is 1.10. The van der Waals surface area contributed by atoms with Crippen molar-refractivity contribution >= 4 is 59.3 Å². The van der Waals surface area contributed by atoms with E-state index >= 15 is 0 Å². The lowest BCUT2D eigenvalue weighted by Crippen LogP contribution is -2.10. The van der Waals surface area contributed by atoms with Gasteiger partial charge in [0, 0.05) is 37.2 Å². The monoisotopic (exact) mass is 705 g/mol. The fourth-order valence-corrected chi connectivity index (χ4v) is 8.81. The van der Waals surface area contributed by atoms with Crippen LogP contribution in [-0.2, 0) is 0 Å². The van der Waals surface area contributed by atoms with E-state index in [1.54, 1.807) is 0 Å². The van der Waals surface area contributed by atoms with Crippen LogP contribution in [-0.4, -0.2) is 0 Å². The molecule has 0 radical (unpaired) electrons. The van der Waals surface area contributed by atoms with Crippen molar-refractivity contribution in [1.29, 1.82) is 0 Å². The molecular formula is C52H35NS. The molecule has 1 nitrogen and oxygen atoms in total. The predicted octanol–water partition coefficient (Wildman–Crippen LogP) is 15.3. The number of rotatable bonds is 7. The Bertz CT molecular complexity index is 2920. The molecule has 0 saturated carbocycles. The lowest BCUT2D eigenvalue weighted by molar-refractivity contribution is 1.28. The van der Waals surface area contributed by atoms with Crippen LogP contribution >= 0.6 is 11.3 Å². The molecule has 0 bridgehead atoms. The normalized spacial score (nSPS) is 11.3. The summed E-state index contributed by atoms with van der Waals surface area (Å²) in [5, 5.41) is 5.15. The molecule has 0 aliphatic heterocycles. The van der Waals surface area contributed by atoms with E-state index in [-0.39, 0.29) is 0 Å². The third-order valence-electron chi connectivity index (χ3n) is 10.5. The smallest absolute Gasteiger partial charge is 0.0467 e. The number of hydrogen-bond acceptors (Lipinski definition) is 2. The number of thiophene rings is 1. The topological polar surface area (TPSA) is 3.24 Å². The summed E-state index contributed by atoms with van der Waals surface area (Å²) in [6, 6.07) is 77.2. The molecule has 0 unspecified atom stereocenters. The predicted molar refractivity (Wildman–Crippen MR) is 233 cm³/mol. The fraction of sp³-hybridized carbons (Fsp3) is 0. The van der Waals surface area contributed by atoms with E-state index in [1.165, 1.54) is 75.5 Å². The van der Waals surface area contributed by atoms with Crippen LogP contribution in [0.2, 0.25) is 0 Å². The van der Waals surface area contributed by atoms with Crippen molar-refractivity contribution in [1.82, 2.24) is 0 Å². The van der Waals surface area contributed by atoms with Gasteiger partial charge in [0.05, 0.1) is 0 Å². The van der Waals surface area contributed by atoms with Crippen LogP contribution in [0.5, 0.6) is 0 Å². The number of benzene rings is 9. The highest BCUT2D eigenvalue weighted by molar-refractivity contribution is 7.25. The number of anilines is 3. The molecule has 10 rings (SSSR count). The van der Waals surface area contributed by atoms with Crippen molar-refractivity contribution in [3.8, 4) is 44.5 Å². The standard InChI is InChI=1S/C52H35NS/c1-2-10-36(11-3-1)41-14-8-15-42(32-41)38-22-27-46(28-23-38)53(48-17-9-16-43(34-48)44-21-20-37-12-4-5-13-40(37)33-44)47-29-24-39(25-30-47)45-26-31-50-49-18-6-7-19-51(49)54-52(50)35-45/h1-35H. The van der Waals surface area contributed by atoms with E-state index < -0.39 is 0 Å². The minimum atomic E-state index is 1.10. The highest BCUT2D eigenvalue weighted by atomic mass is 32.1.